The number of carbonyl (C=O) groups is 1. The Balaban J connectivity index is 1.65. The molecule has 0 fully saturated rings. The molecule has 1 atom stereocenters. The predicted octanol–water partition coefficient (Wildman–Crippen LogP) is 5.32. The topological polar surface area (TPSA) is 97.0 Å². The van der Waals surface area contributed by atoms with Crippen LogP contribution in [0.4, 0.5) is 0 Å². The number of nitrogens with zero attached hydrogens (tertiary/aromatic N) is 3. The number of nitriles is 1. The minimum absolute atomic E-state index is 0.00394. The fourth-order valence-electron chi connectivity index (χ4n) is 3.48. The molecule has 1 N–H and O–H groups in total. The van der Waals surface area contributed by atoms with Gasteiger partial charge in [0.1, 0.15) is 17.0 Å². The molecule has 3 aromatic carbocycles. The number of hydrogen-bond acceptors (Lipinski definition) is 6. The zero-order valence-electron chi connectivity index (χ0n) is 20.3. The van der Waals surface area contributed by atoms with Gasteiger partial charge in [-0.2, -0.15) is 5.26 Å². The fourth-order valence-corrected chi connectivity index (χ4v) is 4.29. The summed E-state index contributed by atoms with van der Waals surface area (Å²) in [6, 6.07) is 25.9. The third-order valence-electron chi connectivity index (χ3n) is 5.94. The van der Waals surface area contributed by atoms with Gasteiger partial charge in [-0.05, 0) is 61.4 Å². The Bertz CT molecular complexity index is 1480. The molecule has 7 nitrogen and oxygen atoms in total. The molecular formula is C28H26N4O3S. The van der Waals surface area contributed by atoms with Crippen LogP contribution in [-0.2, 0) is 4.79 Å². The Morgan fingerprint density at radius 3 is 2.36 bits per heavy atom. The summed E-state index contributed by atoms with van der Waals surface area (Å²) in [5.74, 6) is 0.972. The van der Waals surface area contributed by atoms with Crippen LogP contribution in [-0.4, -0.2) is 26.8 Å². The van der Waals surface area contributed by atoms with Gasteiger partial charge in [0.2, 0.25) is 5.91 Å². The van der Waals surface area contributed by atoms with E-state index in [1.807, 2.05) is 50.2 Å². The van der Waals surface area contributed by atoms with Crippen molar-refractivity contribution in [2.24, 2.45) is 5.92 Å². The molecule has 0 aliphatic rings. The smallest absolute Gasteiger partial charge is 0.266 e. The summed E-state index contributed by atoms with van der Waals surface area (Å²) in [4.78, 5) is 30.8. The van der Waals surface area contributed by atoms with Gasteiger partial charge in [-0.25, -0.2) is 4.98 Å². The average Bonchev–Trinajstić information content (AvgIpc) is 2.88. The molecule has 0 saturated carbocycles. The van der Waals surface area contributed by atoms with Crippen molar-refractivity contribution >= 4 is 28.6 Å². The van der Waals surface area contributed by atoms with E-state index >= 15 is 0 Å². The quantitative estimate of drug-likeness (QED) is 0.261. The highest BCUT2D eigenvalue weighted by Crippen LogP contribution is 2.25. The lowest BCUT2D eigenvalue weighted by Crippen LogP contribution is -2.49. The van der Waals surface area contributed by atoms with Crippen molar-refractivity contribution in [1.82, 2.24) is 14.9 Å². The van der Waals surface area contributed by atoms with Crippen LogP contribution in [0.1, 0.15) is 20.8 Å². The largest absolute Gasteiger partial charge is 0.457 e. The summed E-state index contributed by atoms with van der Waals surface area (Å²) in [5.41, 5.74) is -0.0625. The van der Waals surface area contributed by atoms with Gasteiger partial charge in [-0.3, -0.25) is 14.2 Å². The number of amides is 1. The Hall–Kier alpha value is -4.09. The van der Waals surface area contributed by atoms with Crippen LogP contribution in [0.2, 0.25) is 0 Å². The van der Waals surface area contributed by atoms with Crippen molar-refractivity contribution in [3.63, 3.8) is 0 Å². The molecule has 0 aliphatic carbocycles. The molecule has 36 heavy (non-hydrogen) atoms. The zero-order valence-corrected chi connectivity index (χ0v) is 21.1. The molecule has 4 aromatic rings. The second-order valence-electron chi connectivity index (χ2n) is 8.77. The first-order chi connectivity index (χ1) is 17.3. The third-order valence-corrected chi connectivity index (χ3v) is 6.88. The first kappa shape index (κ1) is 25.0. The summed E-state index contributed by atoms with van der Waals surface area (Å²) in [6.45, 7) is 5.46. The van der Waals surface area contributed by atoms with Crippen LogP contribution in [0.15, 0.2) is 88.8 Å². The van der Waals surface area contributed by atoms with Gasteiger partial charge in [0.15, 0.2) is 5.16 Å². The first-order valence-electron chi connectivity index (χ1n) is 11.5. The Labute approximate surface area is 213 Å². The lowest BCUT2D eigenvalue weighted by Gasteiger charge is -2.27. The number of ether oxygens (including phenoxy) is 1. The normalized spacial score (nSPS) is 12.6. The maximum Gasteiger partial charge on any atom is 0.266 e. The van der Waals surface area contributed by atoms with Crippen LogP contribution in [0.25, 0.3) is 16.6 Å². The molecular weight excluding hydrogens is 472 g/mol. The second kappa shape index (κ2) is 10.7. The number of nitrogens with one attached hydrogen (secondary N) is 1. The van der Waals surface area contributed by atoms with Gasteiger partial charge in [0, 0.05) is 0 Å². The lowest BCUT2D eigenvalue weighted by molar-refractivity contribution is -0.120. The number of thioether (sulfide) groups is 1. The molecule has 1 aromatic heterocycles. The highest BCUT2D eigenvalue weighted by atomic mass is 32.2. The SMILES string of the molecule is CC(C)[C@@](C)(C#N)NC(=O)CSc1nc2ccccc2c(=O)n1-c1ccc(Oc2ccccc2)cc1. The number of benzene rings is 3. The number of hydrogen-bond donors (Lipinski definition) is 1. The summed E-state index contributed by atoms with van der Waals surface area (Å²) in [7, 11) is 0. The Kier molecular flexibility index (Phi) is 7.41. The van der Waals surface area contributed by atoms with E-state index < -0.39 is 5.54 Å². The molecule has 0 saturated heterocycles. The van der Waals surface area contributed by atoms with E-state index in [4.69, 9.17) is 4.74 Å². The number of fused-ring (bicyclic) bond motifs is 1. The Morgan fingerprint density at radius 2 is 1.69 bits per heavy atom. The van der Waals surface area contributed by atoms with E-state index in [-0.39, 0.29) is 23.1 Å². The molecule has 0 aliphatic heterocycles. The molecule has 0 unspecified atom stereocenters. The standard InChI is InChI=1S/C28H26N4O3S/c1-19(2)28(3,18-29)31-25(33)17-36-27-30-24-12-8-7-11-23(24)26(34)32(27)20-13-15-22(16-14-20)35-21-9-5-4-6-10-21/h4-16,19H,17H2,1-3H3,(H,31,33)/t28-/m1/s1. The molecule has 8 heteroatoms. The van der Waals surface area contributed by atoms with Crippen molar-refractivity contribution in [3.8, 4) is 23.3 Å². The minimum atomic E-state index is -0.983. The third kappa shape index (κ3) is 5.42. The van der Waals surface area contributed by atoms with E-state index in [1.54, 1.807) is 49.4 Å². The van der Waals surface area contributed by atoms with Gasteiger partial charge in [-0.15, -0.1) is 0 Å². The number of rotatable bonds is 8. The van der Waals surface area contributed by atoms with Crippen molar-refractivity contribution in [3.05, 3.63) is 89.2 Å². The van der Waals surface area contributed by atoms with Crippen molar-refractivity contribution < 1.29 is 9.53 Å². The van der Waals surface area contributed by atoms with Gasteiger partial charge < -0.3 is 10.1 Å². The predicted molar refractivity (Wildman–Crippen MR) is 142 cm³/mol. The summed E-state index contributed by atoms with van der Waals surface area (Å²) < 4.78 is 7.37. The number of para-hydroxylation sites is 2. The molecule has 1 heterocycles. The molecule has 0 bridgehead atoms. The van der Waals surface area contributed by atoms with Crippen LogP contribution >= 0.6 is 11.8 Å². The molecule has 182 valence electrons. The lowest BCUT2D eigenvalue weighted by atomic mass is 9.90. The fraction of sp³-hybridized carbons (Fsp3) is 0.214. The average molecular weight is 499 g/mol. The van der Waals surface area contributed by atoms with E-state index in [0.717, 1.165) is 11.8 Å². The van der Waals surface area contributed by atoms with Crippen LogP contribution < -0.4 is 15.6 Å². The van der Waals surface area contributed by atoms with Gasteiger partial charge in [0.05, 0.1) is 28.4 Å². The number of aromatic nitrogens is 2. The highest BCUT2D eigenvalue weighted by Gasteiger charge is 2.30. The highest BCUT2D eigenvalue weighted by molar-refractivity contribution is 7.99. The second-order valence-corrected chi connectivity index (χ2v) is 9.71. The maximum absolute atomic E-state index is 13.5. The minimum Gasteiger partial charge on any atom is -0.457 e. The van der Waals surface area contributed by atoms with Gasteiger partial charge >= 0.3 is 0 Å². The molecule has 0 spiro atoms. The zero-order chi connectivity index (χ0) is 25.7. The monoisotopic (exact) mass is 498 g/mol. The molecule has 0 radical (unpaired) electrons. The molecule has 4 rings (SSSR count). The van der Waals surface area contributed by atoms with Crippen molar-refractivity contribution in [1.29, 1.82) is 5.26 Å². The summed E-state index contributed by atoms with van der Waals surface area (Å²) >= 11 is 1.15. The Morgan fingerprint density at radius 1 is 1.06 bits per heavy atom. The summed E-state index contributed by atoms with van der Waals surface area (Å²) in [6.07, 6.45) is 0. The van der Waals surface area contributed by atoms with E-state index in [9.17, 15) is 14.9 Å². The summed E-state index contributed by atoms with van der Waals surface area (Å²) in [5, 5.41) is 13.2. The van der Waals surface area contributed by atoms with E-state index in [1.165, 1.54) is 4.57 Å². The van der Waals surface area contributed by atoms with Crippen LogP contribution in [0.5, 0.6) is 11.5 Å². The maximum atomic E-state index is 13.5. The number of carbonyl (C=O) groups excluding carboxylic acids is 1. The van der Waals surface area contributed by atoms with Crippen LogP contribution in [0.3, 0.4) is 0 Å². The van der Waals surface area contributed by atoms with Crippen molar-refractivity contribution in [2.45, 2.75) is 31.5 Å². The first-order valence-corrected chi connectivity index (χ1v) is 12.5. The van der Waals surface area contributed by atoms with Crippen LogP contribution in [0, 0.1) is 17.2 Å². The van der Waals surface area contributed by atoms with E-state index in [0.29, 0.717) is 33.2 Å². The van der Waals surface area contributed by atoms with Gasteiger partial charge in [0.25, 0.3) is 5.56 Å². The molecule has 1 amide bonds. The van der Waals surface area contributed by atoms with Crippen molar-refractivity contribution in [2.75, 3.05) is 5.75 Å². The van der Waals surface area contributed by atoms with Gasteiger partial charge in [-0.1, -0.05) is 55.9 Å². The van der Waals surface area contributed by atoms with E-state index in [2.05, 4.69) is 16.4 Å².